The number of nitrogens with zero attached hydrogens (tertiary/aromatic N) is 1. The van der Waals surface area contributed by atoms with E-state index in [-0.39, 0.29) is 39.5 Å². The van der Waals surface area contributed by atoms with Crippen LogP contribution in [0.4, 0.5) is 0 Å². The van der Waals surface area contributed by atoms with Gasteiger partial charge in [-0.2, -0.15) is 0 Å². The lowest BCUT2D eigenvalue weighted by Gasteiger charge is -2.28. The highest BCUT2D eigenvalue weighted by molar-refractivity contribution is 7.89. The van der Waals surface area contributed by atoms with Gasteiger partial charge in [-0.1, -0.05) is 50.2 Å². The van der Waals surface area contributed by atoms with E-state index in [0.29, 0.717) is 22.4 Å². The fourth-order valence-corrected chi connectivity index (χ4v) is 5.69. The predicted molar refractivity (Wildman–Crippen MR) is 131 cm³/mol. The number of benzene rings is 2. The van der Waals surface area contributed by atoms with E-state index in [4.69, 9.17) is 5.73 Å². The Morgan fingerprint density at radius 1 is 0.971 bits per heavy atom. The topological polar surface area (TPSA) is 122 Å². The van der Waals surface area contributed by atoms with Gasteiger partial charge in [0.2, 0.25) is 10.0 Å². The number of carbonyl (C=O) groups is 2. The Morgan fingerprint density at radius 3 is 2.21 bits per heavy atom. The molecule has 9 heteroatoms. The maximum Gasteiger partial charge on any atom is 0.258 e. The first-order chi connectivity index (χ1) is 15.9. The van der Waals surface area contributed by atoms with Gasteiger partial charge >= 0.3 is 0 Å². The molecule has 0 saturated heterocycles. The van der Waals surface area contributed by atoms with Gasteiger partial charge in [-0.25, -0.2) is 13.1 Å². The van der Waals surface area contributed by atoms with E-state index in [0.717, 1.165) is 6.54 Å². The summed E-state index contributed by atoms with van der Waals surface area (Å²) in [7, 11) is 0.150. The number of hydrogen-bond donors (Lipinski definition) is 3. The largest absolute Gasteiger partial charge is 0.398 e. The molecule has 0 atom stereocenters. The minimum atomic E-state index is -3.73. The molecule has 178 valence electrons. The van der Waals surface area contributed by atoms with E-state index in [1.165, 1.54) is 12.1 Å². The Balaban J connectivity index is 1.65. The molecule has 0 fully saturated rings. The summed E-state index contributed by atoms with van der Waals surface area (Å²) in [6.45, 7) is 4.99. The zero-order chi connectivity index (χ0) is 24.8. The number of ketones is 1. The van der Waals surface area contributed by atoms with Crippen LogP contribution in [0.2, 0.25) is 0 Å². The summed E-state index contributed by atoms with van der Waals surface area (Å²) in [5, 5.41) is 2.74. The molecule has 1 aliphatic carbocycles. The van der Waals surface area contributed by atoms with Crippen LogP contribution in [-0.4, -0.2) is 52.2 Å². The predicted octanol–water partition coefficient (Wildman–Crippen LogP) is 1.96. The van der Waals surface area contributed by atoms with Gasteiger partial charge in [0.1, 0.15) is 0 Å². The van der Waals surface area contributed by atoms with E-state index in [9.17, 15) is 18.0 Å². The van der Waals surface area contributed by atoms with Crippen molar-refractivity contribution in [2.24, 2.45) is 11.1 Å². The molecule has 0 aromatic heterocycles. The molecular weight excluding hydrogens is 452 g/mol. The Morgan fingerprint density at radius 2 is 1.59 bits per heavy atom. The number of sulfonamides is 1. The van der Waals surface area contributed by atoms with Crippen molar-refractivity contribution in [3.63, 3.8) is 0 Å². The van der Waals surface area contributed by atoms with E-state index in [2.05, 4.69) is 10.0 Å². The zero-order valence-corrected chi connectivity index (χ0v) is 20.4. The Hall–Kier alpha value is -3.27. The molecule has 4 N–H and O–H groups in total. The zero-order valence-electron chi connectivity index (χ0n) is 19.6. The summed E-state index contributed by atoms with van der Waals surface area (Å²) in [5.41, 5.74) is 8.41. The maximum absolute atomic E-state index is 13.2. The third-order valence-corrected chi connectivity index (χ3v) is 7.28. The van der Waals surface area contributed by atoms with Gasteiger partial charge in [0.15, 0.2) is 5.78 Å². The van der Waals surface area contributed by atoms with Crippen LogP contribution in [0, 0.1) is 5.41 Å². The fraction of sp³-hybridized carbons (Fsp3) is 0.280. The first kappa shape index (κ1) is 23.9. The molecular formula is C25H28N4O4S. The molecule has 1 aliphatic heterocycles. The lowest BCUT2D eigenvalue weighted by molar-refractivity contribution is -0.115. The van der Waals surface area contributed by atoms with E-state index < -0.39 is 15.9 Å². The van der Waals surface area contributed by atoms with Crippen LogP contribution < -0.4 is 15.8 Å². The van der Waals surface area contributed by atoms with Crippen molar-refractivity contribution in [1.29, 1.82) is 0 Å². The van der Waals surface area contributed by atoms with Gasteiger partial charge < -0.3 is 16.0 Å². The molecule has 8 nitrogen and oxygen atoms in total. The fourth-order valence-electron chi connectivity index (χ4n) is 4.45. The Kier molecular flexibility index (Phi) is 5.97. The first-order valence-electron chi connectivity index (χ1n) is 10.9. The Bertz CT molecular complexity index is 1350. The second-order valence-electron chi connectivity index (χ2n) is 9.62. The molecule has 1 heterocycles. The van der Waals surface area contributed by atoms with Crippen LogP contribution in [0.25, 0.3) is 11.4 Å². The normalized spacial score (nSPS) is 16.1. The minimum Gasteiger partial charge on any atom is -0.398 e. The molecule has 34 heavy (non-hydrogen) atoms. The number of Topliss-reactive ketones (excluding diaryl/α,β-unsaturated/α-hetero) is 1. The van der Waals surface area contributed by atoms with Crippen molar-refractivity contribution in [3.05, 3.63) is 76.4 Å². The van der Waals surface area contributed by atoms with Crippen molar-refractivity contribution >= 4 is 33.1 Å². The molecule has 0 unspecified atom stereocenters. The standard InChI is InChI=1S/C25H28N4O4S/c1-25(2,14-29(3)4)13-27-34(32,33)16-11-9-15(10-12-16)22-20-19(24(31)28-22)21(26)17-7-5-6-8-18(17)23(20)30/h5-12,27H,13-14,26H2,1-4H3,(H,28,31). The lowest BCUT2D eigenvalue weighted by atomic mass is 9.84. The van der Waals surface area contributed by atoms with Crippen LogP contribution in [-0.2, 0) is 14.8 Å². The summed E-state index contributed by atoms with van der Waals surface area (Å²) in [6.07, 6.45) is 0. The quantitative estimate of drug-likeness (QED) is 0.557. The number of nitrogens with two attached hydrogens (primary N) is 1. The van der Waals surface area contributed by atoms with Gasteiger partial charge in [0.25, 0.3) is 5.91 Å². The van der Waals surface area contributed by atoms with Crippen LogP contribution in [0.5, 0.6) is 0 Å². The molecule has 2 aromatic rings. The van der Waals surface area contributed by atoms with Crippen molar-refractivity contribution in [1.82, 2.24) is 14.9 Å². The van der Waals surface area contributed by atoms with Crippen LogP contribution >= 0.6 is 0 Å². The summed E-state index contributed by atoms with van der Waals surface area (Å²) in [6, 6.07) is 13.0. The molecule has 2 aromatic carbocycles. The number of carbonyl (C=O) groups excluding carboxylic acids is 2. The average molecular weight is 481 g/mol. The van der Waals surface area contributed by atoms with E-state index >= 15 is 0 Å². The van der Waals surface area contributed by atoms with Crippen molar-refractivity contribution in [2.75, 3.05) is 27.2 Å². The van der Waals surface area contributed by atoms with Gasteiger partial charge in [0, 0.05) is 24.2 Å². The SMILES string of the molecule is CN(C)CC(C)(C)CNS(=O)(=O)c1ccc(C2=C3C(=O)c4ccccc4C(N)=C3C(=O)N2)cc1. The van der Waals surface area contributed by atoms with Crippen molar-refractivity contribution in [2.45, 2.75) is 18.7 Å². The number of amides is 1. The van der Waals surface area contributed by atoms with Gasteiger partial charge in [0.05, 0.1) is 27.4 Å². The number of rotatable bonds is 7. The summed E-state index contributed by atoms with van der Waals surface area (Å²) in [4.78, 5) is 28.0. The molecule has 0 bridgehead atoms. The highest BCUT2D eigenvalue weighted by Crippen LogP contribution is 2.39. The summed E-state index contributed by atoms with van der Waals surface area (Å²) < 4.78 is 28.3. The highest BCUT2D eigenvalue weighted by Gasteiger charge is 2.39. The smallest absolute Gasteiger partial charge is 0.258 e. The third kappa shape index (κ3) is 4.29. The van der Waals surface area contributed by atoms with Crippen LogP contribution in [0.15, 0.2) is 64.6 Å². The number of nitrogens with one attached hydrogen (secondary N) is 2. The van der Waals surface area contributed by atoms with Crippen LogP contribution in [0.1, 0.15) is 35.3 Å². The molecule has 0 spiro atoms. The van der Waals surface area contributed by atoms with E-state index in [1.807, 2.05) is 32.8 Å². The summed E-state index contributed by atoms with van der Waals surface area (Å²) in [5.74, 6) is -0.749. The number of hydrogen-bond acceptors (Lipinski definition) is 6. The summed E-state index contributed by atoms with van der Waals surface area (Å²) >= 11 is 0. The highest BCUT2D eigenvalue weighted by atomic mass is 32.2. The second-order valence-corrected chi connectivity index (χ2v) is 11.4. The molecule has 4 rings (SSSR count). The van der Waals surface area contributed by atoms with Crippen LogP contribution in [0.3, 0.4) is 0 Å². The molecule has 1 amide bonds. The average Bonchev–Trinajstić information content (AvgIpc) is 3.13. The first-order valence-corrected chi connectivity index (χ1v) is 12.3. The monoisotopic (exact) mass is 480 g/mol. The third-order valence-electron chi connectivity index (χ3n) is 5.86. The minimum absolute atomic E-state index is 0.0995. The van der Waals surface area contributed by atoms with Crippen molar-refractivity contribution in [3.8, 4) is 0 Å². The number of fused-ring (bicyclic) bond motifs is 2. The van der Waals surface area contributed by atoms with Gasteiger partial charge in [-0.15, -0.1) is 0 Å². The lowest BCUT2D eigenvalue weighted by Crippen LogP contribution is -2.39. The van der Waals surface area contributed by atoms with Crippen molar-refractivity contribution < 1.29 is 18.0 Å². The second kappa shape index (κ2) is 8.50. The molecule has 2 aliphatic rings. The maximum atomic E-state index is 13.2. The molecule has 0 radical (unpaired) electrons. The Labute approximate surface area is 199 Å². The molecule has 0 saturated carbocycles. The van der Waals surface area contributed by atoms with Gasteiger partial charge in [-0.3, -0.25) is 9.59 Å². The van der Waals surface area contributed by atoms with E-state index in [1.54, 1.807) is 36.4 Å². The van der Waals surface area contributed by atoms with Gasteiger partial charge in [-0.05, 0) is 37.2 Å².